The van der Waals surface area contributed by atoms with Crippen molar-refractivity contribution in [3.8, 4) is 0 Å². The van der Waals surface area contributed by atoms with Crippen molar-refractivity contribution in [1.82, 2.24) is 24.6 Å². The van der Waals surface area contributed by atoms with Crippen molar-refractivity contribution in [2.24, 2.45) is 0 Å². The lowest BCUT2D eigenvalue weighted by Crippen LogP contribution is -2.64. The number of hydrogen-bond donors (Lipinski definition) is 0. The summed E-state index contributed by atoms with van der Waals surface area (Å²) in [4.78, 5) is 20.5. The van der Waals surface area contributed by atoms with Crippen molar-refractivity contribution in [3.63, 3.8) is 0 Å². The van der Waals surface area contributed by atoms with Gasteiger partial charge in [-0.15, -0.1) is 5.10 Å². The van der Waals surface area contributed by atoms with E-state index in [4.69, 9.17) is 11.6 Å². The number of aromatic nitrogens is 3. The van der Waals surface area contributed by atoms with Gasteiger partial charge in [-0.1, -0.05) is 0 Å². The maximum atomic E-state index is 12.4. The van der Waals surface area contributed by atoms with Gasteiger partial charge in [0.15, 0.2) is 0 Å². The highest BCUT2D eigenvalue weighted by molar-refractivity contribution is 6.28. The summed E-state index contributed by atoms with van der Waals surface area (Å²) in [5.74, 6) is 0. The number of hydrogen-bond acceptors (Lipinski definition) is 4. The molecule has 1 unspecified atom stereocenters. The second-order valence-corrected chi connectivity index (χ2v) is 6.02. The first-order chi connectivity index (χ1) is 9.02. The second kappa shape index (κ2) is 4.45. The van der Waals surface area contributed by atoms with Crippen LogP contribution in [-0.2, 0) is 0 Å². The molecule has 1 aromatic heterocycles. The number of halogens is 1. The van der Waals surface area contributed by atoms with E-state index in [1.807, 2.05) is 4.90 Å². The van der Waals surface area contributed by atoms with Crippen LogP contribution in [0, 0.1) is 0 Å². The summed E-state index contributed by atoms with van der Waals surface area (Å²) >= 11 is 5.66. The van der Waals surface area contributed by atoms with Crippen LogP contribution in [0.4, 0.5) is 4.79 Å². The Morgan fingerprint density at radius 1 is 1.42 bits per heavy atom. The van der Waals surface area contributed by atoms with Crippen molar-refractivity contribution in [2.45, 2.75) is 38.3 Å². The zero-order valence-electron chi connectivity index (χ0n) is 11.2. The van der Waals surface area contributed by atoms with Crippen LogP contribution in [0.3, 0.4) is 0 Å². The highest BCUT2D eigenvalue weighted by Crippen LogP contribution is 2.40. The maximum Gasteiger partial charge on any atom is 0.346 e. The molecule has 104 valence electrons. The largest absolute Gasteiger partial charge is 0.346 e. The van der Waals surface area contributed by atoms with Crippen LogP contribution in [-0.4, -0.2) is 61.8 Å². The SMILES string of the molecule is CC(C)N1CCC2(CCN2C(=O)n2cnc(Cl)n2)C1. The molecule has 2 aliphatic rings. The summed E-state index contributed by atoms with van der Waals surface area (Å²) in [5.41, 5.74) is -0.000219. The molecule has 1 atom stereocenters. The zero-order chi connectivity index (χ0) is 13.6. The van der Waals surface area contributed by atoms with E-state index < -0.39 is 0 Å². The minimum atomic E-state index is -0.115. The highest BCUT2D eigenvalue weighted by atomic mass is 35.5. The van der Waals surface area contributed by atoms with Gasteiger partial charge >= 0.3 is 6.03 Å². The molecule has 0 bridgehead atoms. The van der Waals surface area contributed by atoms with E-state index >= 15 is 0 Å². The molecule has 7 heteroatoms. The van der Waals surface area contributed by atoms with Crippen molar-refractivity contribution in [3.05, 3.63) is 11.6 Å². The molecule has 19 heavy (non-hydrogen) atoms. The van der Waals surface area contributed by atoms with Crippen molar-refractivity contribution in [1.29, 1.82) is 0 Å². The van der Waals surface area contributed by atoms with Crippen LogP contribution in [0.5, 0.6) is 0 Å². The fourth-order valence-corrected chi connectivity index (χ4v) is 3.18. The van der Waals surface area contributed by atoms with E-state index in [-0.39, 0.29) is 16.9 Å². The molecule has 2 fully saturated rings. The first-order valence-electron chi connectivity index (χ1n) is 6.65. The molecule has 0 N–H and O–H groups in total. The first kappa shape index (κ1) is 12.9. The van der Waals surface area contributed by atoms with Crippen LogP contribution in [0.2, 0.25) is 5.28 Å². The first-order valence-corrected chi connectivity index (χ1v) is 7.03. The van der Waals surface area contributed by atoms with E-state index in [2.05, 4.69) is 28.8 Å². The molecular formula is C12H18ClN5O. The summed E-state index contributed by atoms with van der Waals surface area (Å²) in [5, 5.41) is 4.00. The molecule has 2 aliphatic heterocycles. The van der Waals surface area contributed by atoms with Gasteiger partial charge in [0, 0.05) is 25.7 Å². The predicted octanol–water partition coefficient (Wildman–Crippen LogP) is 1.46. The fourth-order valence-electron chi connectivity index (χ4n) is 3.05. The standard InChI is InChI=1S/C12H18ClN5O/c1-9(2)16-5-3-12(7-16)4-6-17(12)11(19)18-8-14-10(13)15-18/h8-9H,3-7H2,1-2H3. The highest BCUT2D eigenvalue weighted by Gasteiger charge is 2.52. The van der Waals surface area contributed by atoms with E-state index in [0.29, 0.717) is 6.04 Å². The Labute approximate surface area is 117 Å². The van der Waals surface area contributed by atoms with Gasteiger partial charge in [0.05, 0.1) is 5.54 Å². The molecule has 0 saturated carbocycles. The van der Waals surface area contributed by atoms with Crippen LogP contribution in [0.15, 0.2) is 6.33 Å². The summed E-state index contributed by atoms with van der Waals surface area (Å²) < 4.78 is 1.24. The average Bonchev–Trinajstić information content (AvgIpc) is 2.94. The normalized spacial score (nSPS) is 27.3. The van der Waals surface area contributed by atoms with Gasteiger partial charge in [-0.3, -0.25) is 4.90 Å². The van der Waals surface area contributed by atoms with Crippen LogP contribution in [0.25, 0.3) is 0 Å². The Hall–Kier alpha value is -1.14. The van der Waals surface area contributed by atoms with E-state index in [9.17, 15) is 4.79 Å². The van der Waals surface area contributed by atoms with E-state index in [0.717, 1.165) is 32.5 Å². The van der Waals surface area contributed by atoms with Gasteiger partial charge in [-0.2, -0.15) is 4.68 Å². The van der Waals surface area contributed by atoms with Gasteiger partial charge in [0.2, 0.25) is 5.28 Å². The minimum Gasteiger partial charge on any atom is -0.316 e. The number of likely N-dealkylation sites (tertiary alicyclic amines) is 2. The monoisotopic (exact) mass is 283 g/mol. The quantitative estimate of drug-likeness (QED) is 0.783. The maximum absolute atomic E-state index is 12.4. The number of nitrogens with zero attached hydrogens (tertiary/aromatic N) is 5. The molecule has 2 saturated heterocycles. The van der Waals surface area contributed by atoms with Gasteiger partial charge in [0.1, 0.15) is 6.33 Å². The lowest BCUT2D eigenvalue weighted by molar-refractivity contribution is 0.0275. The second-order valence-electron chi connectivity index (χ2n) is 5.68. The molecule has 0 radical (unpaired) electrons. The average molecular weight is 284 g/mol. The third-order valence-corrected chi connectivity index (χ3v) is 4.53. The number of carbonyl (C=O) groups excluding carboxylic acids is 1. The summed E-state index contributed by atoms with van der Waals surface area (Å²) in [6.45, 7) is 7.20. The van der Waals surface area contributed by atoms with Crippen LogP contribution in [0.1, 0.15) is 26.7 Å². The van der Waals surface area contributed by atoms with Crippen LogP contribution < -0.4 is 0 Å². The Morgan fingerprint density at radius 2 is 2.16 bits per heavy atom. The number of amides is 1. The topological polar surface area (TPSA) is 54.3 Å². The van der Waals surface area contributed by atoms with E-state index in [1.165, 1.54) is 11.0 Å². The Bertz CT molecular complexity index is 502. The summed E-state index contributed by atoms with van der Waals surface area (Å²) in [6, 6.07) is 0.411. The summed E-state index contributed by atoms with van der Waals surface area (Å²) in [6.07, 6.45) is 3.50. The van der Waals surface area contributed by atoms with Crippen molar-refractivity contribution in [2.75, 3.05) is 19.6 Å². The number of carbonyl (C=O) groups is 1. The van der Waals surface area contributed by atoms with Gasteiger partial charge in [-0.05, 0) is 38.3 Å². The third-order valence-electron chi connectivity index (χ3n) is 4.36. The molecule has 1 spiro atoms. The molecule has 0 aliphatic carbocycles. The molecule has 6 nitrogen and oxygen atoms in total. The van der Waals surface area contributed by atoms with Gasteiger partial charge in [0.25, 0.3) is 0 Å². The van der Waals surface area contributed by atoms with E-state index in [1.54, 1.807) is 0 Å². The van der Waals surface area contributed by atoms with Crippen molar-refractivity contribution >= 4 is 17.6 Å². The fraction of sp³-hybridized carbons (Fsp3) is 0.750. The minimum absolute atomic E-state index is 0.000219. The van der Waals surface area contributed by atoms with Crippen molar-refractivity contribution < 1.29 is 4.79 Å². The Balaban J connectivity index is 1.75. The molecule has 1 aromatic rings. The molecular weight excluding hydrogens is 266 g/mol. The predicted molar refractivity (Wildman–Crippen MR) is 71.2 cm³/mol. The Kier molecular flexibility index (Phi) is 3.02. The van der Waals surface area contributed by atoms with Crippen LogP contribution >= 0.6 is 11.6 Å². The zero-order valence-corrected chi connectivity index (χ0v) is 12.0. The third kappa shape index (κ3) is 2.03. The molecule has 3 rings (SSSR count). The smallest absolute Gasteiger partial charge is 0.316 e. The number of rotatable bonds is 1. The molecule has 3 heterocycles. The summed E-state index contributed by atoms with van der Waals surface area (Å²) in [7, 11) is 0. The lowest BCUT2D eigenvalue weighted by atomic mass is 9.84. The molecule has 0 aromatic carbocycles. The lowest BCUT2D eigenvalue weighted by Gasteiger charge is -2.50. The van der Waals surface area contributed by atoms with Gasteiger partial charge < -0.3 is 4.90 Å². The Morgan fingerprint density at radius 3 is 2.63 bits per heavy atom. The van der Waals surface area contributed by atoms with Gasteiger partial charge in [-0.25, -0.2) is 9.78 Å². The molecule has 1 amide bonds.